The molecule has 0 spiro atoms. The van der Waals surface area contributed by atoms with Crippen LogP contribution < -0.4 is 10.6 Å². The minimum atomic E-state index is -1.18. The normalized spacial score (nSPS) is 19.8. The van der Waals surface area contributed by atoms with Gasteiger partial charge in [-0.25, -0.2) is 4.79 Å². The van der Waals surface area contributed by atoms with Crippen molar-refractivity contribution in [1.29, 1.82) is 0 Å². The molecular weight excluding hydrogens is 384 g/mol. The first-order chi connectivity index (χ1) is 14.4. The lowest BCUT2D eigenvalue weighted by molar-refractivity contribution is -0.134. The molecular formula is C22H28N4O4. The molecule has 4 amide bonds. The number of nitrogens with one attached hydrogen (secondary N) is 2. The first kappa shape index (κ1) is 21.6. The summed E-state index contributed by atoms with van der Waals surface area (Å²) in [4.78, 5) is 41.1. The van der Waals surface area contributed by atoms with Gasteiger partial charge in [0.2, 0.25) is 5.91 Å². The van der Waals surface area contributed by atoms with Crippen LogP contribution in [-0.2, 0) is 15.1 Å². The van der Waals surface area contributed by atoms with Crippen LogP contribution in [0, 0.1) is 0 Å². The maximum absolute atomic E-state index is 12.9. The van der Waals surface area contributed by atoms with Gasteiger partial charge in [-0.05, 0) is 37.7 Å². The van der Waals surface area contributed by atoms with E-state index < -0.39 is 23.4 Å². The molecule has 1 aliphatic heterocycles. The van der Waals surface area contributed by atoms with Crippen LogP contribution in [0.5, 0.6) is 0 Å². The molecule has 0 saturated carbocycles. The largest absolute Gasteiger partial charge is 0.468 e. The maximum atomic E-state index is 12.9. The fourth-order valence-electron chi connectivity index (χ4n) is 3.77. The maximum Gasteiger partial charge on any atom is 0.325 e. The second kappa shape index (κ2) is 9.13. The highest BCUT2D eigenvalue weighted by Crippen LogP contribution is 2.28. The third-order valence-electron chi connectivity index (χ3n) is 5.55. The molecule has 2 aromatic rings. The summed E-state index contributed by atoms with van der Waals surface area (Å²) in [6, 6.07) is 12.0. The molecule has 1 aliphatic rings. The van der Waals surface area contributed by atoms with E-state index in [0.29, 0.717) is 12.1 Å². The minimum absolute atomic E-state index is 0.128. The van der Waals surface area contributed by atoms with Gasteiger partial charge in [0.25, 0.3) is 5.91 Å². The zero-order chi connectivity index (χ0) is 21.7. The zero-order valence-electron chi connectivity index (χ0n) is 17.6. The van der Waals surface area contributed by atoms with Gasteiger partial charge >= 0.3 is 6.03 Å². The summed E-state index contributed by atoms with van der Waals surface area (Å²) in [6.07, 6.45) is 1.60. The number of urea groups is 1. The average molecular weight is 412 g/mol. The van der Waals surface area contributed by atoms with Gasteiger partial charge in [-0.1, -0.05) is 44.2 Å². The molecule has 0 bridgehead atoms. The number of likely N-dealkylation sites (N-methyl/N-ethyl adjacent to an activating group) is 1. The van der Waals surface area contributed by atoms with Crippen LogP contribution in [0.2, 0.25) is 0 Å². The van der Waals surface area contributed by atoms with E-state index in [2.05, 4.69) is 15.5 Å². The Bertz CT molecular complexity index is 880. The molecule has 1 saturated heterocycles. The van der Waals surface area contributed by atoms with Gasteiger partial charge in [-0.15, -0.1) is 0 Å². The molecule has 2 unspecified atom stereocenters. The van der Waals surface area contributed by atoms with Gasteiger partial charge in [0.1, 0.15) is 17.8 Å². The van der Waals surface area contributed by atoms with Crippen molar-refractivity contribution < 1.29 is 18.8 Å². The van der Waals surface area contributed by atoms with Crippen LogP contribution >= 0.6 is 0 Å². The van der Waals surface area contributed by atoms with E-state index in [1.54, 1.807) is 37.5 Å². The Hall–Kier alpha value is -3.13. The Kier molecular flexibility index (Phi) is 6.56. The minimum Gasteiger partial charge on any atom is -0.468 e. The quantitative estimate of drug-likeness (QED) is 0.616. The Morgan fingerprint density at radius 1 is 1.17 bits per heavy atom. The second-order valence-corrected chi connectivity index (χ2v) is 7.37. The van der Waals surface area contributed by atoms with Crippen LogP contribution in [0.1, 0.15) is 38.1 Å². The lowest BCUT2D eigenvalue weighted by Crippen LogP contribution is -2.45. The predicted molar refractivity (Wildman–Crippen MR) is 111 cm³/mol. The highest BCUT2D eigenvalue weighted by Gasteiger charge is 2.49. The molecule has 0 aliphatic carbocycles. The average Bonchev–Trinajstić information content (AvgIpc) is 3.35. The number of rotatable bonds is 9. The van der Waals surface area contributed by atoms with Crippen molar-refractivity contribution in [2.75, 3.05) is 26.2 Å². The molecule has 2 heterocycles. The Morgan fingerprint density at radius 3 is 2.47 bits per heavy atom. The highest BCUT2D eigenvalue weighted by molar-refractivity contribution is 6.09. The molecule has 2 atom stereocenters. The van der Waals surface area contributed by atoms with E-state index in [-0.39, 0.29) is 12.6 Å². The Morgan fingerprint density at radius 2 is 1.87 bits per heavy atom. The Balaban J connectivity index is 1.65. The molecule has 1 aromatic carbocycles. The van der Waals surface area contributed by atoms with Crippen LogP contribution in [0.4, 0.5) is 4.79 Å². The first-order valence-electron chi connectivity index (χ1n) is 10.1. The van der Waals surface area contributed by atoms with Gasteiger partial charge < -0.3 is 15.1 Å². The second-order valence-electron chi connectivity index (χ2n) is 7.37. The molecule has 1 aromatic heterocycles. The van der Waals surface area contributed by atoms with Crippen molar-refractivity contribution in [1.82, 2.24) is 20.4 Å². The number of hydrogen-bond acceptors (Lipinski definition) is 5. The molecule has 8 heteroatoms. The van der Waals surface area contributed by atoms with E-state index in [0.717, 1.165) is 23.7 Å². The number of carbonyl (C=O) groups excluding carboxylic acids is 3. The highest BCUT2D eigenvalue weighted by atomic mass is 16.3. The van der Waals surface area contributed by atoms with Gasteiger partial charge in [-0.3, -0.25) is 19.4 Å². The van der Waals surface area contributed by atoms with Crippen LogP contribution in [-0.4, -0.2) is 53.8 Å². The summed E-state index contributed by atoms with van der Waals surface area (Å²) < 4.78 is 5.53. The Labute approximate surface area is 176 Å². The van der Waals surface area contributed by atoms with Crippen molar-refractivity contribution in [3.8, 4) is 0 Å². The van der Waals surface area contributed by atoms with Gasteiger partial charge in [-0.2, -0.15) is 0 Å². The monoisotopic (exact) mass is 412 g/mol. The van der Waals surface area contributed by atoms with E-state index in [9.17, 15) is 14.4 Å². The third-order valence-corrected chi connectivity index (χ3v) is 5.55. The number of imide groups is 1. The van der Waals surface area contributed by atoms with Crippen LogP contribution in [0.25, 0.3) is 0 Å². The summed E-state index contributed by atoms with van der Waals surface area (Å²) in [7, 11) is 0. The zero-order valence-corrected chi connectivity index (χ0v) is 17.6. The summed E-state index contributed by atoms with van der Waals surface area (Å²) >= 11 is 0. The number of hydrogen-bond donors (Lipinski definition) is 2. The summed E-state index contributed by atoms with van der Waals surface area (Å²) in [6.45, 7) is 7.29. The smallest absolute Gasteiger partial charge is 0.325 e. The lowest BCUT2D eigenvalue weighted by atomic mass is 9.92. The predicted octanol–water partition coefficient (Wildman–Crippen LogP) is 2.25. The molecule has 2 N–H and O–H groups in total. The third kappa shape index (κ3) is 4.23. The van der Waals surface area contributed by atoms with Crippen molar-refractivity contribution in [3.63, 3.8) is 0 Å². The van der Waals surface area contributed by atoms with E-state index in [1.165, 1.54) is 0 Å². The van der Waals surface area contributed by atoms with Crippen LogP contribution in [0.15, 0.2) is 53.1 Å². The first-order valence-corrected chi connectivity index (χ1v) is 10.1. The van der Waals surface area contributed by atoms with Crippen molar-refractivity contribution in [3.05, 3.63) is 60.1 Å². The summed E-state index contributed by atoms with van der Waals surface area (Å²) in [5.74, 6) is -0.0923. The molecule has 1 fully saturated rings. The van der Waals surface area contributed by atoms with Gasteiger partial charge in [0, 0.05) is 6.54 Å². The standard InChI is InChI=1S/C22H28N4O4/c1-4-25(5-2)17(18-12-9-13-30-18)14-23-19(27)15-26-20(28)22(3,24-21(26)29)16-10-7-6-8-11-16/h6-13,17H,4-5,14-15H2,1-3H3,(H,23,27)(H,24,29). The number of carbonyl (C=O) groups is 3. The van der Waals surface area contributed by atoms with Crippen molar-refractivity contribution >= 4 is 17.8 Å². The fraction of sp³-hybridized carbons (Fsp3) is 0.409. The van der Waals surface area contributed by atoms with E-state index in [4.69, 9.17) is 4.42 Å². The van der Waals surface area contributed by atoms with Gasteiger partial charge in [0.15, 0.2) is 0 Å². The van der Waals surface area contributed by atoms with Crippen LogP contribution in [0.3, 0.4) is 0 Å². The molecule has 3 rings (SSSR count). The molecule has 0 radical (unpaired) electrons. The van der Waals surface area contributed by atoms with Crippen molar-refractivity contribution in [2.45, 2.75) is 32.4 Å². The molecule has 160 valence electrons. The van der Waals surface area contributed by atoms with E-state index >= 15 is 0 Å². The molecule has 30 heavy (non-hydrogen) atoms. The number of nitrogens with zero attached hydrogens (tertiary/aromatic N) is 2. The lowest BCUT2D eigenvalue weighted by Gasteiger charge is -2.28. The SMILES string of the molecule is CCN(CC)C(CNC(=O)CN1C(=O)NC(C)(c2ccccc2)C1=O)c1ccco1. The van der Waals surface area contributed by atoms with E-state index in [1.807, 2.05) is 32.0 Å². The number of furan rings is 1. The summed E-state index contributed by atoms with van der Waals surface area (Å²) in [5.41, 5.74) is -0.512. The summed E-state index contributed by atoms with van der Waals surface area (Å²) in [5, 5.41) is 5.55. The fourth-order valence-corrected chi connectivity index (χ4v) is 3.77. The number of amides is 4. The topological polar surface area (TPSA) is 94.9 Å². The van der Waals surface area contributed by atoms with Gasteiger partial charge in [0.05, 0.1) is 12.3 Å². The van der Waals surface area contributed by atoms with Crippen molar-refractivity contribution in [2.24, 2.45) is 0 Å². The molecule has 8 nitrogen and oxygen atoms in total. The number of benzene rings is 1.